The summed E-state index contributed by atoms with van der Waals surface area (Å²) in [5.41, 5.74) is 0.722. The largest absolute Gasteiger partial charge is 0.494 e. The molecule has 0 spiro atoms. The predicted octanol–water partition coefficient (Wildman–Crippen LogP) is 3.94. The van der Waals surface area contributed by atoms with Gasteiger partial charge in [0.2, 0.25) is 0 Å². The maximum atomic E-state index is 12.4. The summed E-state index contributed by atoms with van der Waals surface area (Å²) in [6.07, 6.45) is 0.149. The van der Waals surface area contributed by atoms with Crippen molar-refractivity contribution in [1.82, 2.24) is 10.1 Å². The number of amides is 1. The molecule has 8 heteroatoms. The van der Waals surface area contributed by atoms with Crippen LogP contribution in [0.5, 0.6) is 17.2 Å². The Morgan fingerprint density at radius 1 is 1.14 bits per heavy atom. The number of para-hydroxylation sites is 2. The van der Waals surface area contributed by atoms with Gasteiger partial charge in [0.05, 0.1) is 13.7 Å². The Balaban J connectivity index is 1.61. The summed E-state index contributed by atoms with van der Waals surface area (Å²) in [7, 11) is 1.54. The average molecular weight is 397 g/mol. The standard InChI is InChI=1S/C21H23N3O5/c1-4-13-27-16-11-9-15(10-12-16)20-23-21(24-29-20)22-19(25)14(2)28-18-8-6-5-7-17(18)26-3/h5-12,14H,4,13H2,1-3H3,(H,22,24,25). The minimum Gasteiger partial charge on any atom is -0.494 e. The van der Waals surface area contributed by atoms with Crippen LogP contribution in [0.15, 0.2) is 53.1 Å². The fraction of sp³-hybridized carbons (Fsp3) is 0.286. The zero-order valence-electron chi connectivity index (χ0n) is 16.5. The van der Waals surface area contributed by atoms with E-state index in [1.807, 2.05) is 37.3 Å². The molecule has 3 aromatic rings. The summed E-state index contributed by atoms with van der Waals surface area (Å²) in [5, 5.41) is 6.38. The van der Waals surface area contributed by atoms with Crippen LogP contribution in [0.1, 0.15) is 20.3 Å². The molecule has 29 heavy (non-hydrogen) atoms. The van der Waals surface area contributed by atoms with Gasteiger partial charge in [-0.25, -0.2) is 0 Å². The number of rotatable bonds is 9. The van der Waals surface area contributed by atoms with Gasteiger partial charge in [-0.1, -0.05) is 19.1 Å². The van der Waals surface area contributed by atoms with Crippen molar-refractivity contribution in [2.75, 3.05) is 19.0 Å². The van der Waals surface area contributed by atoms with E-state index in [1.54, 1.807) is 25.1 Å². The molecular weight excluding hydrogens is 374 g/mol. The highest BCUT2D eigenvalue weighted by Crippen LogP contribution is 2.27. The molecule has 0 aliphatic rings. The van der Waals surface area contributed by atoms with Gasteiger partial charge in [0.25, 0.3) is 17.7 Å². The molecule has 0 radical (unpaired) electrons. The number of nitrogens with one attached hydrogen (secondary N) is 1. The summed E-state index contributed by atoms with van der Waals surface area (Å²) < 4.78 is 21.7. The number of carbonyl (C=O) groups is 1. The summed E-state index contributed by atoms with van der Waals surface area (Å²) in [6.45, 7) is 4.33. The van der Waals surface area contributed by atoms with Crippen LogP contribution in [0.4, 0.5) is 5.95 Å². The Hall–Kier alpha value is -3.55. The van der Waals surface area contributed by atoms with Gasteiger partial charge in [0, 0.05) is 5.56 Å². The molecule has 8 nitrogen and oxygen atoms in total. The molecule has 152 valence electrons. The second-order valence-electron chi connectivity index (χ2n) is 6.20. The van der Waals surface area contributed by atoms with Crippen LogP contribution < -0.4 is 19.5 Å². The summed E-state index contributed by atoms with van der Waals surface area (Å²) in [4.78, 5) is 16.6. The number of carbonyl (C=O) groups excluding carboxylic acids is 1. The molecule has 1 aromatic heterocycles. The molecule has 1 heterocycles. The Labute approximate surface area is 168 Å². The number of anilines is 1. The number of ether oxygens (including phenoxy) is 3. The Kier molecular flexibility index (Phi) is 6.67. The van der Waals surface area contributed by atoms with Gasteiger partial charge in [0.15, 0.2) is 17.6 Å². The highest BCUT2D eigenvalue weighted by molar-refractivity contribution is 5.92. The second-order valence-corrected chi connectivity index (χ2v) is 6.20. The van der Waals surface area contributed by atoms with Gasteiger partial charge in [-0.3, -0.25) is 10.1 Å². The maximum Gasteiger partial charge on any atom is 0.270 e. The number of hydrogen-bond donors (Lipinski definition) is 1. The topological polar surface area (TPSA) is 95.7 Å². The molecule has 0 aliphatic carbocycles. The van der Waals surface area contributed by atoms with E-state index >= 15 is 0 Å². The van der Waals surface area contributed by atoms with Crippen molar-refractivity contribution in [3.05, 3.63) is 48.5 Å². The van der Waals surface area contributed by atoms with Crippen molar-refractivity contribution in [1.29, 1.82) is 0 Å². The normalized spacial score (nSPS) is 11.6. The van der Waals surface area contributed by atoms with E-state index in [0.717, 1.165) is 17.7 Å². The zero-order valence-corrected chi connectivity index (χ0v) is 16.5. The van der Waals surface area contributed by atoms with Gasteiger partial charge < -0.3 is 18.7 Å². The molecule has 0 fully saturated rings. The third-order valence-corrected chi connectivity index (χ3v) is 3.98. The quantitative estimate of drug-likeness (QED) is 0.584. The van der Waals surface area contributed by atoms with Crippen LogP contribution in [0, 0.1) is 0 Å². The molecule has 2 aromatic carbocycles. The molecule has 0 bridgehead atoms. The van der Waals surface area contributed by atoms with Crippen molar-refractivity contribution in [3.63, 3.8) is 0 Å². The van der Waals surface area contributed by atoms with Gasteiger partial charge in [-0.05, 0) is 54.9 Å². The fourth-order valence-electron chi connectivity index (χ4n) is 2.48. The summed E-state index contributed by atoms with van der Waals surface area (Å²) in [6, 6.07) is 14.4. The zero-order chi connectivity index (χ0) is 20.6. The van der Waals surface area contributed by atoms with Crippen LogP contribution in [0.3, 0.4) is 0 Å². The van der Waals surface area contributed by atoms with Crippen LogP contribution in [-0.4, -0.2) is 35.9 Å². The van der Waals surface area contributed by atoms with E-state index in [4.69, 9.17) is 18.7 Å². The van der Waals surface area contributed by atoms with Gasteiger partial charge in [-0.2, -0.15) is 4.98 Å². The van der Waals surface area contributed by atoms with Crippen molar-refractivity contribution < 1.29 is 23.5 Å². The van der Waals surface area contributed by atoms with E-state index in [-0.39, 0.29) is 5.95 Å². The molecular formula is C21H23N3O5. The highest BCUT2D eigenvalue weighted by atomic mass is 16.5. The van der Waals surface area contributed by atoms with Crippen LogP contribution in [0.2, 0.25) is 0 Å². The molecule has 3 rings (SSSR count). The fourth-order valence-corrected chi connectivity index (χ4v) is 2.48. The van der Waals surface area contributed by atoms with Crippen molar-refractivity contribution in [2.45, 2.75) is 26.4 Å². The number of benzene rings is 2. The third-order valence-electron chi connectivity index (χ3n) is 3.98. The number of hydrogen-bond acceptors (Lipinski definition) is 7. The first-order chi connectivity index (χ1) is 14.1. The number of methoxy groups -OCH3 is 1. The molecule has 0 saturated carbocycles. The van der Waals surface area contributed by atoms with E-state index in [0.29, 0.717) is 24.0 Å². The first kappa shape index (κ1) is 20.2. The van der Waals surface area contributed by atoms with Gasteiger partial charge in [0.1, 0.15) is 5.75 Å². The van der Waals surface area contributed by atoms with Crippen LogP contribution >= 0.6 is 0 Å². The first-order valence-electron chi connectivity index (χ1n) is 9.28. The van der Waals surface area contributed by atoms with E-state index in [2.05, 4.69) is 15.5 Å². The smallest absolute Gasteiger partial charge is 0.270 e. The number of nitrogens with zero attached hydrogens (tertiary/aromatic N) is 2. The maximum absolute atomic E-state index is 12.4. The van der Waals surface area contributed by atoms with Gasteiger partial charge >= 0.3 is 0 Å². The first-order valence-corrected chi connectivity index (χ1v) is 9.28. The van der Waals surface area contributed by atoms with E-state index in [1.165, 1.54) is 7.11 Å². The monoisotopic (exact) mass is 397 g/mol. The van der Waals surface area contributed by atoms with Crippen LogP contribution in [-0.2, 0) is 4.79 Å². The second kappa shape index (κ2) is 9.59. The third kappa shape index (κ3) is 5.25. The average Bonchev–Trinajstić information content (AvgIpc) is 3.21. The minimum absolute atomic E-state index is 0.0618. The molecule has 0 saturated heterocycles. The SMILES string of the molecule is CCCOc1ccc(-c2nc(NC(=O)C(C)Oc3ccccc3OC)no2)cc1. The minimum atomic E-state index is -0.789. The highest BCUT2D eigenvalue weighted by Gasteiger charge is 2.19. The van der Waals surface area contributed by atoms with E-state index < -0.39 is 12.0 Å². The van der Waals surface area contributed by atoms with Crippen LogP contribution in [0.25, 0.3) is 11.5 Å². The Morgan fingerprint density at radius 3 is 2.55 bits per heavy atom. The summed E-state index contributed by atoms with van der Waals surface area (Å²) >= 11 is 0. The lowest BCUT2D eigenvalue weighted by atomic mass is 10.2. The summed E-state index contributed by atoms with van der Waals surface area (Å²) in [5.74, 6) is 1.72. The number of aromatic nitrogens is 2. The molecule has 1 atom stereocenters. The molecule has 0 aliphatic heterocycles. The Bertz CT molecular complexity index is 939. The lowest BCUT2D eigenvalue weighted by molar-refractivity contribution is -0.122. The molecule has 1 N–H and O–H groups in total. The predicted molar refractivity (Wildman–Crippen MR) is 107 cm³/mol. The van der Waals surface area contributed by atoms with Crippen molar-refractivity contribution >= 4 is 11.9 Å². The molecule has 1 unspecified atom stereocenters. The lowest BCUT2D eigenvalue weighted by Gasteiger charge is -2.15. The molecule has 1 amide bonds. The Morgan fingerprint density at radius 2 is 1.86 bits per heavy atom. The van der Waals surface area contributed by atoms with Crippen molar-refractivity contribution in [3.8, 4) is 28.7 Å². The van der Waals surface area contributed by atoms with Crippen molar-refractivity contribution in [2.24, 2.45) is 0 Å². The lowest BCUT2D eigenvalue weighted by Crippen LogP contribution is -2.30. The van der Waals surface area contributed by atoms with E-state index in [9.17, 15) is 4.79 Å². The van der Waals surface area contributed by atoms with Gasteiger partial charge in [-0.15, -0.1) is 0 Å².